The minimum atomic E-state index is -1.26. The van der Waals surface area contributed by atoms with Gasteiger partial charge in [-0.15, -0.1) is 0 Å². The maximum atomic E-state index is 13.1. The first-order chi connectivity index (χ1) is 15.6. The van der Waals surface area contributed by atoms with Crippen LogP contribution in [0.5, 0.6) is 0 Å². The molecule has 3 rings (SSSR count). The van der Waals surface area contributed by atoms with Crippen molar-refractivity contribution in [2.24, 2.45) is 5.73 Å². The van der Waals surface area contributed by atoms with Crippen molar-refractivity contribution in [2.45, 2.75) is 38.8 Å². The molecule has 0 unspecified atom stereocenters. The van der Waals surface area contributed by atoms with E-state index in [-0.39, 0.29) is 6.04 Å². The number of benzene rings is 3. The highest BCUT2D eigenvalue weighted by Crippen LogP contribution is 2.29. The Hall–Kier alpha value is -3.58. The predicted octanol–water partition coefficient (Wildman–Crippen LogP) is 4.70. The Morgan fingerprint density at radius 2 is 1.21 bits per heavy atom. The molecule has 33 heavy (non-hydrogen) atoms. The zero-order valence-electron chi connectivity index (χ0n) is 18.8. The van der Waals surface area contributed by atoms with Crippen LogP contribution in [0.3, 0.4) is 0 Å². The van der Waals surface area contributed by atoms with Crippen LogP contribution in [0, 0.1) is 18.6 Å². The van der Waals surface area contributed by atoms with E-state index in [1.165, 1.54) is 66.6 Å². The van der Waals surface area contributed by atoms with Gasteiger partial charge in [-0.3, -0.25) is 4.79 Å². The molecule has 0 bridgehead atoms. The summed E-state index contributed by atoms with van der Waals surface area (Å²) >= 11 is 0. The van der Waals surface area contributed by atoms with Crippen LogP contribution in [0.1, 0.15) is 48.1 Å². The molecule has 0 aliphatic carbocycles. The van der Waals surface area contributed by atoms with Crippen molar-refractivity contribution in [3.05, 3.63) is 107 Å². The molecule has 5 nitrogen and oxygen atoms in total. The second-order valence-corrected chi connectivity index (χ2v) is 7.80. The number of nitrogens with one attached hydrogen (secondary N) is 1. The van der Waals surface area contributed by atoms with Crippen LogP contribution in [0.2, 0.25) is 0 Å². The Balaban J connectivity index is 0.000000321. The van der Waals surface area contributed by atoms with Gasteiger partial charge in [0.15, 0.2) is 0 Å². The largest absolute Gasteiger partial charge is 0.480 e. The molecule has 3 aromatic rings. The van der Waals surface area contributed by atoms with E-state index < -0.39 is 35.5 Å². The van der Waals surface area contributed by atoms with E-state index >= 15 is 0 Å². The summed E-state index contributed by atoms with van der Waals surface area (Å²) in [6.45, 7) is 5.28. The maximum Gasteiger partial charge on any atom is 0.327 e. The second kappa shape index (κ2) is 11.9. The average Bonchev–Trinajstić information content (AvgIpc) is 2.76. The van der Waals surface area contributed by atoms with Gasteiger partial charge in [0, 0.05) is 18.9 Å². The minimum Gasteiger partial charge on any atom is -0.480 e. The van der Waals surface area contributed by atoms with Gasteiger partial charge in [0.1, 0.15) is 17.7 Å². The number of carbonyl (C=O) groups excluding carboxylic acids is 1. The second-order valence-electron chi connectivity index (χ2n) is 7.80. The van der Waals surface area contributed by atoms with Crippen molar-refractivity contribution in [1.82, 2.24) is 5.32 Å². The van der Waals surface area contributed by atoms with Crippen LogP contribution in [0.15, 0.2) is 72.8 Å². The van der Waals surface area contributed by atoms with Gasteiger partial charge in [0.05, 0.1) is 0 Å². The molecule has 0 saturated carbocycles. The number of halogens is 2. The first kappa shape index (κ1) is 25.7. The standard InChI is InChI=1S/C17H15F2NO3.C9H13N/c1-10(21)20-16(17(22)23)15(11-2-6-13(18)7-3-11)12-4-8-14(19)9-5-12;1-7-3-5-9(6-4-7)8(2)10/h2-9,15-16H,1H3,(H,20,21)(H,22,23);3-6,8H,10H2,1-2H3/t16-;8-/m01/s1. The third-order valence-electron chi connectivity index (χ3n) is 5.02. The number of carboxylic acids is 1. The quantitative estimate of drug-likeness (QED) is 0.503. The van der Waals surface area contributed by atoms with Gasteiger partial charge in [-0.25, -0.2) is 13.6 Å². The molecular formula is C26H28F2N2O3. The molecule has 3 aromatic carbocycles. The lowest BCUT2D eigenvalue weighted by Gasteiger charge is -2.25. The Morgan fingerprint density at radius 1 is 0.818 bits per heavy atom. The van der Waals surface area contributed by atoms with Crippen molar-refractivity contribution in [3.63, 3.8) is 0 Å². The monoisotopic (exact) mass is 454 g/mol. The first-order valence-electron chi connectivity index (χ1n) is 10.4. The van der Waals surface area contributed by atoms with Gasteiger partial charge < -0.3 is 16.2 Å². The smallest absolute Gasteiger partial charge is 0.327 e. The Kier molecular flexibility index (Phi) is 9.24. The molecular weight excluding hydrogens is 426 g/mol. The first-order valence-corrected chi connectivity index (χ1v) is 10.4. The molecule has 0 aromatic heterocycles. The highest BCUT2D eigenvalue weighted by atomic mass is 19.1. The molecule has 0 heterocycles. The van der Waals surface area contributed by atoms with Crippen LogP contribution in [0.4, 0.5) is 8.78 Å². The Morgan fingerprint density at radius 3 is 1.55 bits per heavy atom. The molecule has 4 N–H and O–H groups in total. The molecule has 0 aliphatic rings. The van der Waals surface area contributed by atoms with Gasteiger partial charge in [-0.05, 0) is 54.8 Å². The van der Waals surface area contributed by atoms with Crippen LogP contribution in [-0.2, 0) is 9.59 Å². The summed E-state index contributed by atoms with van der Waals surface area (Å²) in [5.41, 5.74) is 9.14. The molecule has 0 spiro atoms. The number of rotatable bonds is 6. The summed E-state index contributed by atoms with van der Waals surface area (Å²) in [7, 11) is 0. The third-order valence-corrected chi connectivity index (χ3v) is 5.02. The highest BCUT2D eigenvalue weighted by Gasteiger charge is 2.31. The van der Waals surface area contributed by atoms with Gasteiger partial charge >= 0.3 is 5.97 Å². The zero-order valence-corrected chi connectivity index (χ0v) is 18.8. The Bertz CT molecular complexity index is 1000. The number of hydrogen-bond donors (Lipinski definition) is 3. The fourth-order valence-corrected chi connectivity index (χ4v) is 3.29. The number of carboxylic acid groups (broad SMARTS) is 1. The summed E-state index contributed by atoms with van der Waals surface area (Å²) in [6, 6.07) is 17.8. The van der Waals surface area contributed by atoms with Gasteiger partial charge in [-0.2, -0.15) is 0 Å². The lowest BCUT2D eigenvalue weighted by Crippen LogP contribution is -2.44. The van der Waals surface area contributed by atoms with Crippen molar-refractivity contribution < 1.29 is 23.5 Å². The van der Waals surface area contributed by atoms with Gasteiger partial charge in [0.25, 0.3) is 0 Å². The number of carbonyl (C=O) groups is 2. The van der Waals surface area contributed by atoms with Gasteiger partial charge in [0.2, 0.25) is 5.91 Å². The summed E-state index contributed by atoms with van der Waals surface area (Å²) in [6.07, 6.45) is 0. The van der Waals surface area contributed by atoms with Gasteiger partial charge in [-0.1, -0.05) is 54.1 Å². The normalized spacial score (nSPS) is 12.3. The number of amides is 1. The number of aliphatic carboxylic acids is 1. The van der Waals surface area contributed by atoms with Crippen LogP contribution in [-0.4, -0.2) is 23.0 Å². The van der Waals surface area contributed by atoms with E-state index in [2.05, 4.69) is 36.5 Å². The number of aryl methyl sites for hydroxylation is 1. The zero-order chi connectivity index (χ0) is 24.5. The topological polar surface area (TPSA) is 92.4 Å². The number of hydrogen-bond acceptors (Lipinski definition) is 3. The lowest BCUT2D eigenvalue weighted by molar-refractivity contribution is -0.141. The Labute approximate surface area is 192 Å². The van der Waals surface area contributed by atoms with E-state index in [0.717, 1.165) is 0 Å². The minimum absolute atomic E-state index is 0.153. The maximum absolute atomic E-state index is 13.1. The molecule has 174 valence electrons. The fraction of sp³-hybridized carbons (Fsp3) is 0.231. The fourth-order valence-electron chi connectivity index (χ4n) is 3.29. The van der Waals surface area contributed by atoms with E-state index in [0.29, 0.717) is 11.1 Å². The van der Waals surface area contributed by atoms with Crippen molar-refractivity contribution in [3.8, 4) is 0 Å². The molecule has 0 aliphatic heterocycles. The van der Waals surface area contributed by atoms with Crippen molar-refractivity contribution >= 4 is 11.9 Å². The van der Waals surface area contributed by atoms with Crippen LogP contribution < -0.4 is 11.1 Å². The predicted molar refractivity (Wildman–Crippen MR) is 124 cm³/mol. The molecule has 7 heteroatoms. The number of nitrogens with two attached hydrogens (primary N) is 1. The van der Waals surface area contributed by atoms with E-state index in [9.17, 15) is 23.5 Å². The van der Waals surface area contributed by atoms with Crippen LogP contribution in [0.25, 0.3) is 0 Å². The van der Waals surface area contributed by atoms with Crippen molar-refractivity contribution in [1.29, 1.82) is 0 Å². The summed E-state index contributed by atoms with van der Waals surface area (Å²) in [4.78, 5) is 22.9. The third kappa shape index (κ3) is 7.80. The molecule has 1 amide bonds. The molecule has 0 saturated heterocycles. The lowest BCUT2D eigenvalue weighted by atomic mass is 9.85. The van der Waals surface area contributed by atoms with E-state index in [1.807, 2.05) is 6.92 Å². The summed E-state index contributed by atoms with van der Waals surface area (Å²) in [5, 5.41) is 11.8. The average molecular weight is 455 g/mol. The summed E-state index contributed by atoms with van der Waals surface area (Å²) in [5.74, 6) is -3.45. The molecule has 2 atom stereocenters. The van der Waals surface area contributed by atoms with E-state index in [4.69, 9.17) is 5.73 Å². The SMILES string of the molecule is CC(=O)N[C@H](C(=O)O)C(c1ccc(F)cc1)c1ccc(F)cc1.Cc1ccc([C@@H](C)N)cc1. The van der Waals surface area contributed by atoms with Crippen molar-refractivity contribution in [2.75, 3.05) is 0 Å². The summed E-state index contributed by atoms with van der Waals surface area (Å²) < 4.78 is 26.3. The molecule has 0 radical (unpaired) electrons. The molecule has 0 fully saturated rings. The van der Waals surface area contributed by atoms with Crippen LogP contribution >= 0.6 is 0 Å². The van der Waals surface area contributed by atoms with E-state index in [1.54, 1.807) is 0 Å². The highest BCUT2D eigenvalue weighted by molar-refractivity contribution is 5.83.